The first-order chi connectivity index (χ1) is 23.8. The van der Waals surface area contributed by atoms with Gasteiger partial charge in [-0.25, -0.2) is 4.79 Å². The molecule has 0 spiro atoms. The fourth-order valence-corrected chi connectivity index (χ4v) is 4.70. The number of carbonyl (C=O) groups excluding carboxylic acids is 7. The molecule has 0 aromatic heterocycles. The van der Waals surface area contributed by atoms with Gasteiger partial charge < -0.3 is 58.7 Å². The third-order valence-electron chi connectivity index (χ3n) is 7.62. The van der Waals surface area contributed by atoms with E-state index >= 15 is 0 Å². The number of carboxylic acids is 2. The van der Waals surface area contributed by atoms with Gasteiger partial charge in [0.05, 0.1) is 25.6 Å². The Labute approximate surface area is 299 Å². The first-order valence-corrected chi connectivity index (χ1v) is 17.6. The molecule has 0 radical (unpaired) electrons. The van der Waals surface area contributed by atoms with Crippen molar-refractivity contribution in [2.24, 2.45) is 23.3 Å². The lowest BCUT2D eigenvalue weighted by atomic mass is 9.97. The lowest BCUT2D eigenvalue weighted by molar-refractivity contribution is -0.143. The molecule has 7 amide bonds. The molecule has 0 bridgehead atoms. The Morgan fingerprint density at radius 1 is 0.725 bits per heavy atom. The summed E-state index contributed by atoms with van der Waals surface area (Å²) in [5.74, 6) is -9.65. The fourth-order valence-electron chi connectivity index (χ4n) is 4.23. The summed E-state index contributed by atoms with van der Waals surface area (Å²) in [6.07, 6.45) is 0.405. The molecule has 290 valence electrons. The molecule has 0 rings (SSSR count). The van der Waals surface area contributed by atoms with Crippen LogP contribution < -0.4 is 43.4 Å². The van der Waals surface area contributed by atoms with Gasteiger partial charge in [-0.05, 0) is 36.7 Å². The Balaban J connectivity index is 6.10. The van der Waals surface area contributed by atoms with E-state index in [0.717, 1.165) is 0 Å². The highest BCUT2D eigenvalue weighted by molar-refractivity contribution is 7.98. The van der Waals surface area contributed by atoms with Gasteiger partial charge in [0.1, 0.15) is 30.2 Å². The summed E-state index contributed by atoms with van der Waals surface area (Å²) in [5, 5.41) is 41.6. The summed E-state index contributed by atoms with van der Waals surface area (Å²) in [6, 6.07) is -8.42. The van der Waals surface area contributed by atoms with Crippen LogP contribution in [0.4, 0.5) is 0 Å². The smallest absolute Gasteiger partial charge is 0.328 e. The Morgan fingerprint density at radius 2 is 1.25 bits per heavy atom. The van der Waals surface area contributed by atoms with E-state index in [1.165, 1.54) is 11.8 Å². The molecule has 7 unspecified atom stereocenters. The molecule has 0 heterocycles. The van der Waals surface area contributed by atoms with Gasteiger partial charge in [0.25, 0.3) is 0 Å². The lowest BCUT2D eigenvalue weighted by Gasteiger charge is -2.29. The summed E-state index contributed by atoms with van der Waals surface area (Å²) >= 11 is 1.31. The molecule has 21 heteroatoms. The standard InChI is InChI=1S/C30H52N8O12S/c1-6-15(4)24(38-26(45)16(7-8-22(42)43)34-21(41)12-33-28(47)23(32)14(2)3)29(48)35-17(9-10-51-5)25(44)36-18(11-20(31)40)27(46)37-19(13-39)30(49)50/h14-19,23-24,39H,6-13,32H2,1-5H3,(H2,31,40)(H,33,47)(H,34,41)(H,35,48)(H,36,44)(H,37,46)(H,38,45)(H,42,43)(H,49,50). The maximum absolute atomic E-state index is 13.6. The van der Waals surface area contributed by atoms with Gasteiger partial charge in [-0.3, -0.25) is 38.4 Å². The first kappa shape index (κ1) is 46.5. The lowest BCUT2D eigenvalue weighted by Crippen LogP contribution is -2.60. The topological polar surface area (TPSA) is 339 Å². The van der Waals surface area contributed by atoms with Crippen LogP contribution >= 0.6 is 11.8 Å². The predicted octanol–water partition coefficient (Wildman–Crippen LogP) is -3.87. The predicted molar refractivity (Wildman–Crippen MR) is 183 cm³/mol. The van der Waals surface area contributed by atoms with E-state index in [4.69, 9.17) is 16.6 Å². The van der Waals surface area contributed by atoms with Gasteiger partial charge in [0, 0.05) is 6.42 Å². The molecule has 0 saturated carbocycles. The number of hydrogen-bond acceptors (Lipinski definition) is 12. The number of primary amides is 1. The zero-order valence-electron chi connectivity index (χ0n) is 29.4. The highest BCUT2D eigenvalue weighted by Gasteiger charge is 2.34. The molecule has 51 heavy (non-hydrogen) atoms. The van der Waals surface area contributed by atoms with Crippen molar-refractivity contribution in [3.8, 4) is 0 Å². The van der Waals surface area contributed by atoms with Gasteiger partial charge in [-0.2, -0.15) is 11.8 Å². The highest BCUT2D eigenvalue weighted by atomic mass is 32.2. The van der Waals surface area contributed by atoms with E-state index < -0.39 is 121 Å². The van der Waals surface area contributed by atoms with Crippen molar-refractivity contribution < 1.29 is 58.5 Å². The SMILES string of the molecule is CCC(C)C(NC(=O)C(CCC(=O)O)NC(=O)CNC(=O)C(N)C(C)C)C(=O)NC(CCSC)C(=O)NC(CC(N)=O)C(=O)NC(CO)C(=O)O. The van der Waals surface area contributed by atoms with Crippen molar-refractivity contribution in [2.75, 3.05) is 25.2 Å². The van der Waals surface area contributed by atoms with E-state index in [0.29, 0.717) is 12.2 Å². The number of thioether (sulfide) groups is 1. The molecule has 0 saturated heterocycles. The van der Waals surface area contributed by atoms with E-state index in [1.807, 2.05) is 5.32 Å². The Kier molecular flexibility index (Phi) is 21.7. The van der Waals surface area contributed by atoms with Crippen LogP contribution in [0.5, 0.6) is 0 Å². The molecule has 20 nitrogen and oxygen atoms in total. The summed E-state index contributed by atoms with van der Waals surface area (Å²) in [6.45, 7) is 5.19. The monoisotopic (exact) mass is 748 g/mol. The van der Waals surface area contributed by atoms with Crippen LogP contribution in [0.2, 0.25) is 0 Å². The molecule has 0 aliphatic carbocycles. The maximum atomic E-state index is 13.6. The number of carboxylic acid groups (broad SMARTS) is 2. The second kappa shape index (κ2) is 23.8. The third-order valence-corrected chi connectivity index (χ3v) is 8.26. The Bertz CT molecular complexity index is 1250. The van der Waals surface area contributed by atoms with Crippen LogP contribution in [0.3, 0.4) is 0 Å². The van der Waals surface area contributed by atoms with Crippen molar-refractivity contribution in [1.82, 2.24) is 31.9 Å². The maximum Gasteiger partial charge on any atom is 0.328 e. The molecule has 0 aliphatic heterocycles. The largest absolute Gasteiger partial charge is 0.481 e. The van der Waals surface area contributed by atoms with Gasteiger partial charge in [-0.15, -0.1) is 0 Å². The summed E-state index contributed by atoms with van der Waals surface area (Å²) in [5.41, 5.74) is 11.0. The summed E-state index contributed by atoms with van der Waals surface area (Å²) in [4.78, 5) is 112. The molecule has 0 aliphatic rings. The van der Waals surface area contributed by atoms with Crippen molar-refractivity contribution >= 4 is 65.1 Å². The number of rotatable bonds is 25. The van der Waals surface area contributed by atoms with E-state index in [9.17, 15) is 53.4 Å². The average molecular weight is 749 g/mol. The van der Waals surface area contributed by atoms with Crippen LogP contribution in [0.1, 0.15) is 59.8 Å². The van der Waals surface area contributed by atoms with Crippen molar-refractivity contribution in [2.45, 2.75) is 96.1 Å². The number of aliphatic hydroxyl groups is 1. The van der Waals surface area contributed by atoms with Gasteiger partial charge in [0.15, 0.2) is 0 Å². The van der Waals surface area contributed by atoms with Crippen LogP contribution in [-0.2, 0) is 43.2 Å². The number of hydrogen-bond donors (Lipinski definition) is 11. The highest BCUT2D eigenvalue weighted by Crippen LogP contribution is 2.12. The van der Waals surface area contributed by atoms with Gasteiger partial charge >= 0.3 is 11.9 Å². The van der Waals surface area contributed by atoms with Crippen molar-refractivity contribution in [1.29, 1.82) is 0 Å². The normalized spacial score (nSPS) is 15.1. The van der Waals surface area contributed by atoms with Crippen LogP contribution in [0, 0.1) is 11.8 Å². The second-order valence-electron chi connectivity index (χ2n) is 12.1. The summed E-state index contributed by atoms with van der Waals surface area (Å²) in [7, 11) is 0. The minimum absolute atomic E-state index is 0.00267. The molecule has 0 aromatic rings. The summed E-state index contributed by atoms with van der Waals surface area (Å²) < 4.78 is 0. The zero-order valence-corrected chi connectivity index (χ0v) is 30.2. The van der Waals surface area contributed by atoms with Gasteiger partial charge in [-0.1, -0.05) is 34.1 Å². The van der Waals surface area contributed by atoms with Crippen LogP contribution in [0.15, 0.2) is 0 Å². The average Bonchev–Trinajstić information content (AvgIpc) is 3.06. The van der Waals surface area contributed by atoms with E-state index in [2.05, 4.69) is 26.6 Å². The van der Waals surface area contributed by atoms with E-state index in [-0.39, 0.29) is 18.8 Å². The van der Waals surface area contributed by atoms with Crippen molar-refractivity contribution in [3.63, 3.8) is 0 Å². The molecule has 13 N–H and O–H groups in total. The molecule has 0 fully saturated rings. The number of aliphatic carboxylic acids is 2. The van der Waals surface area contributed by atoms with Crippen LogP contribution in [-0.4, -0.2) is 130 Å². The minimum Gasteiger partial charge on any atom is -0.481 e. The second-order valence-corrected chi connectivity index (χ2v) is 13.1. The molecule has 7 atom stereocenters. The zero-order chi connectivity index (χ0) is 39.4. The Hall–Kier alpha value is -4.50. The number of aliphatic hydroxyl groups excluding tert-OH is 1. The minimum atomic E-state index is -1.75. The first-order valence-electron chi connectivity index (χ1n) is 16.2. The number of carbonyl (C=O) groups is 9. The quantitative estimate of drug-likeness (QED) is 0.0426. The number of nitrogens with one attached hydrogen (secondary N) is 6. The van der Waals surface area contributed by atoms with Gasteiger partial charge in [0.2, 0.25) is 41.4 Å². The van der Waals surface area contributed by atoms with Crippen molar-refractivity contribution in [3.05, 3.63) is 0 Å². The number of amides is 7. The Morgan fingerprint density at radius 3 is 1.75 bits per heavy atom. The van der Waals surface area contributed by atoms with Crippen LogP contribution in [0.25, 0.3) is 0 Å². The molecule has 0 aromatic carbocycles. The van der Waals surface area contributed by atoms with E-state index in [1.54, 1.807) is 34.0 Å². The molecular formula is C30H52N8O12S. The third kappa shape index (κ3) is 17.8. The number of nitrogens with two attached hydrogens (primary N) is 2. The molecular weight excluding hydrogens is 696 g/mol. The fraction of sp³-hybridized carbons (Fsp3) is 0.700.